The quantitative estimate of drug-likeness (QED) is 0.783. The molecule has 1 aromatic heterocycles. The standard InChI is InChI=1S/C11H15BrClN3/c1-2-8-3-5-16(6-4-8)11-9(12)10(13)14-7-15-11/h7-8H,2-6H2,1H3. The lowest BCUT2D eigenvalue weighted by molar-refractivity contribution is 0.393. The average molecular weight is 305 g/mol. The Morgan fingerprint density at radius 2 is 2.12 bits per heavy atom. The van der Waals surface area contributed by atoms with E-state index in [0.29, 0.717) is 5.15 Å². The van der Waals surface area contributed by atoms with E-state index in [0.717, 1.165) is 29.3 Å². The van der Waals surface area contributed by atoms with Crippen LogP contribution in [-0.2, 0) is 0 Å². The van der Waals surface area contributed by atoms with Crippen molar-refractivity contribution in [3.8, 4) is 0 Å². The highest BCUT2D eigenvalue weighted by Gasteiger charge is 2.21. The fraction of sp³-hybridized carbons (Fsp3) is 0.636. The van der Waals surface area contributed by atoms with Crippen LogP contribution in [0, 0.1) is 5.92 Å². The topological polar surface area (TPSA) is 29.0 Å². The minimum Gasteiger partial charge on any atom is -0.356 e. The van der Waals surface area contributed by atoms with Crippen LogP contribution in [0.15, 0.2) is 10.8 Å². The minimum absolute atomic E-state index is 0.489. The van der Waals surface area contributed by atoms with E-state index in [1.807, 2.05) is 0 Å². The van der Waals surface area contributed by atoms with Crippen molar-refractivity contribution < 1.29 is 0 Å². The highest BCUT2D eigenvalue weighted by Crippen LogP contribution is 2.32. The third-order valence-corrected chi connectivity index (χ3v) is 4.47. The molecule has 1 saturated heterocycles. The summed E-state index contributed by atoms with van der Waals surface area (Å²) >= 11 is 9.41. The summed E-state index contributed by atoms with van der Waals surface area (Å²) in [6, 6.07) is 0. The molecule has 0 aromatic carbocycles. The molecule has 1 fully saturated rings. The monoisotopic (exact) mass is 303 g/mol. The predicted octanol–water partition coefficient (Wildman–Crippen LogP) is 3.52. The van der Waals surface area contributed by atoms with Crippen LogP contribution in [0.5, 0.6) is 0 Å². The average Bonchev–Trinajstić information content (AvgIpc) is 2.33. The van der Waals surface area contributed by atoms with Gasteiger partial charge in [-0.2, -0.15) is 0 Å². The lowest BCUT2D eigenvalue weighted by Gasteiger charge is -2.32. The summed E-state index contributed by atoms with van der Waals surface area (Å²) in [6.07, 6.45) is 5.28. The zero-order valence-electron chi connectivity index (χ0n) is 9.29. The molecule has 0 unspecified atom stereocenters. The number of rotatable bonds is 2. The Kier molecular flexibility index (Phi) is 4.03. The Morgan fingerprint density at radius 3 is 2.75 bits per heavy atom. The summed E-state index contributed by atoms with van der Waals surface area (Å²) in [4.78, 5) is 10.5. The molecular formula is C11H15BrClN3. The highest BCUT2D eigenvalue weighted by atomic mass is 79.9. The lowest BCUT2D eigenvalue weighted by Crippen LogP contribution is -2.34. The molecule has 0 spiro atoms. The maximum Gasteiger partial charge on any atom is 0.148 e. The van der Waals surface area contributed by atoms with Gasteiger partial charge < -0.3 is 4.90 Å². The molecule has 0 aliphatic carbocycles. The molecule has 88 valence electrons. The van der Waals surface area contributed by atoms with Crippen molar-refractivity contribution in [2.45, 2.75) is 26.2 Å². The SMILES string of the molecule is CCC1CCN(c2ncnc(Cl)c2Br)CC1. The van der Waals surface area contributed by atoms with E-state index >= 15 is 0 Å². The van der Waals surface area contributed by atoms with Gasteiger partial charge in [-0.25, -0.2) is 9.97 Å². The van der Waals surface area contributed by atoms with Gasteiger partial charge in [0.05, 0.1) is 4.47 Å². The van der Waals surface area contributed by atoms with Gasteiger partial charge in [0.15, 0.2) is 0 Å². The fourth-order valence-electron chi connectivity index (χ4n) is 2.11. The summed E-state index contributed by atoms with van der Waals surface area (Å²) in [6.45, 7) is 4.38. The van der Waals surface area contributed by atoms with Gasteiger partial charge in [0.1, 0.15) is 17.3 Å². The van der Waals surface area contributed by atoms with Gasteiger partial charge in [-0.05, 0) is 34.7 Å². The second kappa shape index (κ2) is 5.32. The van der Waals surface area contributed by atoms with Crippen LogP contribution in [-0.4, -0.2) is 23.1 Å². The minimum atomic E-state index is 0.489. The molecule has 0 saturated carbocycles. The van der Waals surface area contributed by atoms with Gasteiger partial charge in [-0.15, -0.1) is 0 Å². The Labute approximate surface area is 109 Å². The van der Waals surface area contributed by atoms with Gasteiger partial charge in [0.25, 0.3) is 0 Å². The first-order valence-electron chi connectivity index (χ1n) is 5.63. The van der Waals surface area contributed by atoms with E-state index in [1.165, 1.54) is 25.6 Å². The predicted molar refractivity (Wildman–Crippen MR) is 70.0 cm³/mol. The number of anilines is 1. The summed E-state index contributed by atoms with van der Waals surface area (Å²) < 4.78 is 0.812. The number of halogens is 2. The van der Waals surface area contributed by atoms with Crippen LogP contribution in [0.4, 0.5) is 5.82 Å². The van der Waals surface area contributed by atoms with Crippen LogP contribution < -0.4 is 4.90 Å². The van der Waals surface area contributed by atoms with Crippen molar-refractivity contribution in [2.24, 2.45) is 5.92 Å². The maximum atomic E-state index is 5.96. The van der Waals surface area contributed by atoms with Crippen LogP contribution >= 0.6 is 27.5 Å². The zero-order valence-corrected chi connectivity index (χ0v) is 11.6. The summed E-state index contributed by atoms with van der Waals surface area (Å²) in [5.41, 5.74) is 0. The molecule has 2 rings (SSSR count). The molecule has 3 nitrogen and oxygen atoms in total. The Bertz CT molecular complexity index is 364. The molecule has 5 heteroatoms. The van der Waals surface area contributed by atoms with Gasteiger partial charge in [-0.1, -0.05) is 24.9 Å². The van der Waals surface area contributed by atoms with Crippen molar-refractivity contribution in [2.75, 3.05) is 18.0 Å². The summed E-state index contributed by atoms with van der Waals surface area (Å²) in [5, 5.41) is 0.489. The molecule has 16 heavy (non-hydrogen) atoms. The van der Waals surface area contributed by atoms with Crippen molar-refractivity contribution in [1.29, 1.82) is 0 Å². The zero-order chi connectivity index (χ0) is 11.5. The van der Waals surface area contributed by atoms with Crippen LogP contribution in [0.1, 0.15) is 26.2 Å². The summed E-state index contributed by atoms with van der Waals surface area (Å²) in [7, 11) is 0. The molecule has 0 N–H and O–H groups in total. The van der Waals surface area contributed by atoms with E-state index in [4.69, 9.17) is 11.6 Å². The third kappa shape index (κ3) is 2.48. The third-order valence-electron chi connectivity index (χ3n) is 3.22. The van der Waals surface area contributed by atoms with E-state index in [-0.39, 0.29) is 0 Å². The van der Waals surface area contributed by atoms with E-state index < -0.39 is 0 Å². The van der Waals surface area contributed by atoms with Crippen LogP contribution in [0.2, 0.25) is 5.15 Å². The van der Waals surface area contributed by atoms with Gasteiger partial charge in [-0.3, -0.25) is 0 Å². The molecule has 1 aliphatic rings. The molecule has 0 amide bonds. The molecule has 0 radical (unpaired) electrons. The van der Waals surface area contributed by atoms with Crippen molar-refractivity contribution in [3.63, 3.8) is 0 Å². The molecule has 0 bridgehead atoms. The van der Waals surface area contributed by atoms with Gasteiger partial charge in [0.2, 0.25) is 0 Å². The molecule has 2 heterocycles. The second-order valence-electron chi connectivity index (χ2n) is 4.14. The number of nitrogens with zero attached hydrogens (tertiary/aromatic N) is 3. The Balaban J connectivity index is 2.11. The number of hydrogen-bond donors (Lipinski definition) is 0. The highest BCUT2D eigenvalue weighted by molar-refractivity contribution is 9.10. The number of piperidine rings is 1. The van der Waals surface area contributed by atoms with Crippen molar-refractivity contribution in [1.82, 2.24) is 9.97 Å². The fourth-order valence-corrected chi connectivity index (χ4v) is 2.70. The first kappa shape index (κ1) is 12.1. The first-order chi connectivity index (χ1) is 7.72. The lowest BCUT2D eigenvalue weighted by atomic mass is 9.94. The largest absolute Gasteiger partial charge is 0.356 e. The van der Waals surface area contributed by atoms with E-state index in [9.17, 15) is 0 Å². The molecule has 1 aliphatic heterocycles. The van der Waals surface area contributed by atoms with Crippen LogP contribution in [0.3, 0.4) is 0 Å². The Hall–Kier alpha value is -0.350. The maximum absolute atomic E-state index is 5.96. The smallest absolute Gasteiger partial charge is 0.148 e. The van der Waals surface area contributed by atoms with E-state index in [2.05, 4.69) is 37.7 Å². The van der Waals surface area contributed by atoms with Gasteiger partial charge in [0, 0.05) is 13.1 Å². The van der Waals surface area contributed by atoms with Crippen molar-refractivity contribution in [3.05, 3.63) is 16.0 Å². The van der Waals surface area contributed by atoms with Gasteiger partial charge >= 0.3 is 0 Å². The van der Waals surface area contributed by atoms with Crippen molar-refractivity contribution >= 4 is 33.3 Å². The molecule has 0 atom stereocenters. The number of hydrogen-bond acceptors (Lipinski definition) is 3. The molecule has 1 aromatic rings. The first-order valence-corrected chi connectivity index (χ1v) is 6.80. The summed E-state index contributed by atoms with van der Waals surface area (Å²) in [5.74, 6) is 1.79. The number of aromatic nitrogens is 2. The second-order valence-corrected chi connectivity index (χ2v) is 5.29. The van der Waals surface area contributed by atoms with Crippen LogP contribution in [0.25, 0.3) is 0 Å². The Morgan fingerprint density at radius 1 is 1.44 bits per heavy atom. The normalized spacial score (nSPS) is 17.8. The van der Waals surface area contributed by atoms with E-state index in [1.54, 1.807) is 0 Å². The molecular weight excluding hydrogens is 289 g/mol.